The van der Waals surface area contributed by atoms with Gasteiger partial charge in [0.1, 0.15) is 5.82 Å². The molecule has 4 nitrogen and oxygen atoms in total. The molecule has 2 rings (SSSR count). The molecule has 0 saturated carbocycles. The van der Waals surface area contributed by atoms with E-state index in [9.17, 15) is 0 Å². The number of rotatable bonds is 2. The van der Waals surface area contributed by atoms with Crippen LogP contribution in [0, 0.1) is 6.92 Å². The predicted octanol–water partition coefficient (Wildman–Crippen LogP) is 1.69. The maximum atomic E-state index is 6.04. The Morgan fingerprint density at radius 1 is 1.44 bits per heavy atom. The summed E-state index contributed by atoms with van der Waals surface area (Å²) < 4.78 is 1.78. The molecule has 1 aliphatic rings. The summed E-state index contributed by atoms with van der Waals surface area (Å²) in [4.78, 5) is 2.52. The smallest absolute Gasteiger partial charge is 0.126 e. The first-order chi connectivity index (χ1) is 7.59. The Morgan fingerprint density at radius 3 is 2.75 bits per heavy atom. The summed E-state index contributed by atoms with van der Waals surface area (Å²) in [6.45, 7) is 6.49. The van der Waals surface area contributed by atoms with Gasteiger partial charge in [-0.3, -0.25) is 9.58 Å². The Kier molecular flexibility index (Phi) is 3.19. The van der Waals surface area contributed by atoms with Gasteiger partial charge in [-0.2, -0.15) is 5.10 Å². The average molecular weight is 222 g/mol. The molecule has 4 heteroatoms. The average Bonchev–Trinajstić information content (AvgIpc) is 2.48. The van der Waals surface area contributed by atoms with E-state index < -0.39 is 0 Å². The molecular weight excluding hydrogens is 200 g/mol. The molecule has 1 atom stereocenters. The summed E-state index contributed by atoms with van der Waals surface area (Å²) in [6, 6.07) is 0.674. The minimum absolute atomic E-state index is 0.674. The van der Waals surface area contributed by atoms with Gasteiger partial charge in [-0.15, -0.1) is 0 Å². The van der Waals surface area contributed by atoms with Crippen molar-refractivity contribution in [1.82, 2.24) is 14.7 Å². The van der Waals surface area contributed by atoms with Gasteiger partial charge in [0.05, 0.1) is 5.69 Å². The predicted molar refractivity (Wildman–Crippen MR) is 66.1 cm³/mol. The van der Waals surface area contributed by atoms with Crippen molar-refractivity contribution >= 4 is 5.82 Å². The van der Waals surface area contributed by atoms with Gasteiger partial charge in [-0.25, -0.2) is 0 Å². The molecule has 1 saturated heterocycles. The summed E-state index contributed by atoms with van der Waals surface area (Å²) in [5.41, 5.74) is 8.31. The van der Waals surface area contributed by atoms with Crippen molar-refractivity contribution in [3.05, 3.63) is 11.3 Å². The van der Waals surface area contributed by atoms with E-state index in [0.29, 0.717) is 6.04 Å². The molecule has 1 aromatic heterocycles. The number of hydrogen-bond donors (Lipinski definition) is 1. The number of hydrogen-bond acceptors (Lipinski definition) is 3. The number of nitrogens with zero attached hydrogens (tertiary/aromatic N) is 3. The Labute approximate surface area is 97.4 Å². The highest BCUT2D eigenvalue weighted by molar-refractivity contribution is 5.42. The second-order valence-corrected chi connectivity index (χ2v) is 4.89. The molecule has 0 aliphatic carbocycles. The molecule has 16 heavy (non-hydrogen) atoms. The summed E-state index contributed by atoms with van der Waals surface area (Å²) in [5, 5.41) is 4.37. The summed E-state index contributed by atoms with van der Waals surface area (Å²) >= 11 is 0. The van der Waals surface area contributed by atoms with Gasteiger partial charge in [0.2, 0.25) is 0 Å². The Hall–Kier alpha value is -1.03. The van der Waals surface area contributed by atoms with Gasteiger partial charge < -0.3 is 5.73 Å². The lowest BCUT2D eigenvalue weighted by Gasteiger charge is -2.33. The van der Waals surface area contributed by atoms with E-state index in [-0.39, 0.29) is 0 Å². The van der Waals surface area contributed by atoms with E-state index in [1.54, 1.807) is 4.68 Å². The van der Waals surface area contributed by atoms with Crippen LogP contribution in [0.4, 0.5) is 5.82 Å². The van der Waals surface area contributed by atoms with E-state index >= 15 is 0 Å². The molecule has 0 amide bonds. The fourth-order valence-corrected chi connectivity index (χ4v) is 2.51. The second kappa shape index (κ2) is 4.45. The molecule has 1 fully saturated rings. The number of anilines is 1. The largest absolute Gasteiger partial charge is 0.384 e. The van der Waals surface area contributed by atoms with E-state index in [0.717, 1.165) is 18.1 Å². The van der Waals surface area contributed by atoms with E-state index in [2.05, 4.69) is 16.9 Å². The first kappa shape index (κ1) is 11.5. The van der Waals surface area contributed by atoms with E-state index in [1.807, 2.05) is 14.0 Å². The molecule has 0 aromatic carbocycles. The monoisotopic (exact) mass is 222 g/mol. The van der Waals surface area contributed by atoms with Crippen molar-refractivity contribution in [2.45, 2.75) is 45.7 Å². The molecule has 2 N–H and O–H groups in total. The quantitative estimate of drug-likeness (QED) is 0.828. The second-order valence-electron chi connectivity index (χ2n) is 4.89. The molecular formula is C12H22N4. The molecule has 1 aromatic rings. The van der Waals surface area contributed by atoms with Gasteiger partial charge in [0.25, 0.3) is 0 Å². The normalized spacial score (nSPS) is 22.6. The molecule has 2 heterocycles. The Morgan fingerprint density at radius 2 is 2.19 bits per heavy atom. The molecule has 1 unspecified atom stereocenters. The van der Waals surface area contributed by atoms with Crippen molar-refractivity contribution in [3.63, 3.8) is 0 Å². The van der Waals surface area contributed by atoms with Crippen molar-refractivity contribution in [2.75, 3.05) is 12.3 Å². The highest BCUT2D eigenvalue weighted by Crippen LogP contribution is 2.23. The Bertz CT molecular complexity index is 369. The van der Waals surface area contributed by atoms with Crippen LogP contribution in [0.5, 0.6) is 0 Å². The van der Waals surface area contributed by atoms with Crippen LogP contribution in [0.25, 0.3) is 0 Å². The van der Waals surface area contributed by atoms with Gasteiger partial charge in [0.15, 0.2) is 0 Å². The fraction of sp³-hybridized carbons (Fsp3) is 0.750. The van der Waals surface area contributed by atoms with Crippen molar-refractivity contribution in [3.8, 4) is 0 Å². The number of aromatic nitrogens is 2. The first-order valence-electron chi connectivity index (χ1n) is 6.11. The van der Waals surface area contributed by atoms with Crippen LogP contribution in [0.15, 0.2) is 0 Å². The zero-order valence-corrected chi connectivity index (χ0v) is 10.5. The van der Waals surface area contributed by atoms with Gasteiger partial charge >= 0.3 is 0 Å². The standard InChI is InChI=1S/C12H22N4/c1-9-6-4-5-7-16(9)8-11-10(2)14-15(3)12(11)13/h9H,4-8,13H2,1-3H3. The maximum absolute atomic E-state index is 6.04. The molecule has 0 spiro atoms. The van der Waals surface area contributed by atoms with Gasteiger partial charge in [-0.05, 0) is 33.2 Å². The highest BCUT2D eigenvalue weighted by atomic mass is 15.3. The van der Waals surface area contributed by atoms with Crippen LogP contribution in [0.3, 0.4) is 0 Å². The number of likely N-dealkylation sites (tertiary alicyclic amines) is 1. The van der Waals surface area contributed by atoms with Crippen LogP contribution >= 0.6 is 0 Å². The van der Waals surface area contributed by atoms with Crippen LogP contribution in [0.2, 0.25) is 0 Å². The lowest BCUT2D eigenvalue weighted by molar-refractivity contribution is 0.152. The number of nitrogens with two attached hydrogens (primary N) is 1. The summed E-state index contributed by atoms with van der Waals surface area (Å²) in [5.74, 6) is 0.815. The maximum Gasteiger partial charge on any atom is 0.126 e. The van der Waals surface area contributed by atoms with E-state index in [4.69, 9.17) is 5.73 Å². The zero-order chi connectivity index (χ0) is 11.7. The van der Waals surface area contributed by atoms with Gasteiger partial charge in [0, 0.05) is 25.2 Å². The Balaban J connectivity index is 2.13. The molecule has 0 radical (unpaired) electrons. The highest BCUT2D eigenvalue weighted by Gasteiger charge is 2.21. The number of aryl methyl sites for hydroxylation is 2. The first-order valence-corrected chi connectivity index (χ1v) is 6.11. The van der Waals surface area contributed by atoms with Crippen molar-refractivity contribution in [2.24, 2.45) is 7.05 Å². The summed E-state index contributed by atoms with van der Waals surface area (Å²) in [6.07, 6.45) is 3.97. The van der Waals surface area contributed by atoms with Crippen molar-refractivity contribution < 1.29 is 0 Å². The molecule has 0 bridgehead atoms. The lowest BCUT2D eigenvalue weighted by Crippen LogP contribution is -2.37. The zero-order valence-electron chi connectivity index (χ0n) is 10.5. The third kappa shape index (κ3) is 2.07. The van der Waals surface area contributed by atoms with Crippen LogP contribution in [-0.4, -0.2) is 27.3 Å². The van der Waals surface area contributed by atoms with Crippen LogP contribution in [-0.2, 0) is 13.6 Å². The van der Waals surface area contributed by atoms with Crippen molar-refractivity contribution in [1.29, 1.82) is 0 Å². The minimum atomic E-state index is 0.674. The van der Waals surface area contributed by atoms with Crippen LogP contribution < -0.4 is 5.73 Å². The topological polar surface area (TPSA) is 47.1 Å². The lowest BCUT2D eigenvalue weighted by atomic mass is 10.0. The third-order valence-electron chi connectivity index (χ3n) is 3.70. The molecule has 1 aliphatic heterocycles. The minimum Gasteiger partial charge on any atom is -0.384 e. The third-order valence-corrected chi connectivity index (χ3v) is 3.70. The summed E-state index contributed by atoms with van der Waals surface area (Å²) in [7, 11) is 1.91. The SMILES string of the molecule is Cc1nn(C)c(N)c1CN1CCCCC1C. The fourth-order valence-electron chi connectivity index (χ4n) is 2.51. The number of piperidine rings is 1. The number of nitrogen functional groups attached to an aromatic ring is 1. The van der Waals surface area contributed by atoms with E-state index in [1.165, 1.54) is 31.4 Å². The molecule has 90 valence electrons. The van der Waals surface area contributed by atoms with Gasteiger partial charge in [-0.1, -0.05) is 6.42 Å². The van der Waals surface area contributed by atoms with Crippen LogP contribution in [0.1, 0.15) is 37.4 Å².